The van der Waals surface area contributed by atoms with Crippen molar-refractivity contribution in [1.29, 1.82) is 0 Å². The van der Waals surface area contributed by atoms with E-state index in [1.165, 1.54) is 11.3 Å². The van der Waals surface area contributed by atoms with Crippen LogP contribution in [0.15, 0.2) is 27.1 Å². The van der Waals surface area contributed by atoms with E-state index in [4.69, 9.17) is 0 Å². The first-order valence-electron chi connectivity index (χ1n) is 5.26. The average Bonchev–Trinajstić information content (AvgIpc) is 2.78. The Morgan fingerprint density at radius 1 is 1.56 bits per heavy atom. The number of aromatic hydroxyl groups is 1. The third kappa shape index (κ3) is 2.21. The normalized spacial score (nSPS) is 12.6. The van der Waals surface area contributed by atoms with Crippen molar-refractivity contribution in [3.63, 3.8) is 0 Å². The third-order valence-electron chi connectivity index (χ3n) is 2.58. The molecule has 5 nitrogen and oxygen atoms in total. The number of rotatable bonds is 3. The molecule has 0 spiro atoms. The van der Waals surface area contributed by atoms with Crippen molar-refractivity contribution in [2.75, 3.05) is 0 Å². The highest BCUT2D eigenvalue weighted by Crippen LogP contribution is 2.20. The maximum absolute atomic E-state index is 13.3. The first kappa shape index (κ1) is 12.6. The summed E-state index contributed by atoms with van der Waals surface area (Å²) in [6, 6.07) is 3.29. The van der Waals surface area contributed by atoms with Crippen LogP contribution in [0.3, 0.4) is 0 Å². The Morgan fingerprint density at radius 2 is 2.28 bits per heavy atom. The molecular formula is C11H11FN2O3S. The summed E-state index contributed by atoms with van der Waals surface area (Å²) in [6.45, 7) is 1.67. The standard InChI is InChI=1S/C11H11FN2O3S/c1-6(5-7-3-2-4-18-7)14-10(16)8(12)9(15)13-11(14)17/h2-4,6,16H,5H2,1H3,(H,13,15,17). The van der Waals surface area contributed by atoms with Gasteiger partial charge in [-0.25, -0.2) is 4.79 Å². The van der Waals surface area contributed by atoms with Gasteiger partial charge >= 0.3 is 5.69 Å². The Hall–Kier alpha value is -1.89. The summed E-state index contributed by atoms with van der Waals surface area (Å²) in [5.41, 5.74) is -2.03. The van der Waals surface area contributed by atoms with Crippen molar-refractivity contribution in [2.45, 2.75) is 19.4 Å². The highest BCUT2D eigenvalue weighted by molar-refractivity contribution is 7.09. The van der Waals surface area contributed by atoms with Crippen LogP contribution in [0.2, 0.25) is 0 Å². The lowest BCUT2D eigenvalue weighted by Crippen LogP contribution is -2.34. The zero-order valence-electron chi connectivity index (χ0n) is 9.51. The number of H-pyrrole nitrogens is 1. The molecule has 2 N–H and O–H groups in total. The van der Waals surface area contributed by atoms with Gasteiger partial charge < -0.3 is 5.11 Å². The molecule has 2 aromatic heterocycles. The molecule has 0 aliphatic rings. The molecule has 1 unspecified atom stereocenters. The van der Waals surface area contributed by atoms with Crippen molar-refractivity contribution >= 4 is 11.3 Å². The lowest BCUT2D eigenvalue weighted by molar-refractivity contribution is 0.338. The summed E-state index contributed by atoms with van der Waals surface area (Å²) in [5.74, 6) is -2.26. The fraction of sp³-hybridized carbons (Fsp3) is 0.273. The van der Waals surface area contributed by atoms with Gasteiger partial charge in [0.1, 0.15) is 0 Å². The molecule has 0 saturated heterocycles. The quantitative estimate of drug-likeness (QED) is 0.881. The molecule has 96 valence electrons. The molecule has 2 rings (SSSR count). The van der Waals surface area contributed by atoms with Crippen LogP contribution in [0, 0.1) is 5.82 Å². The van der Waals surface area contributed by atoms with E-state index in [1.54, 1.807) is 6.92 Å². The van der Waals surface area contributed by atoms with E-state index in [0.717, 1.165) is 9.44 Å². The number of hydrogen-bond donors (Lipinski definition) is 2. The first-order valence-corrected chi connectivity index (χ1v) is 6.14. The van der Waals surface area contributed by atoms with E-state index in [2.05, 4.69) is 0 Å². The number of thiophene rings is 1. The molecule has 0 aromatic carbocycles. The van der Waals surface area contributed by atoms with E-state index in [1.807, 2.05) is 22.5 Å². The van der Waals surface area contributed by atoms with Gasteiger partial charge in [0.05, 0.1) is 0 Å². The van der Waals surface area contributed by atoms with Gasteiger partial charge in [-0.1, -0.05) is 6.07 Å². The number of hydrogen-bond acceptors (Lipinski definition) is 4. The minimum atomic E-state index is -1.34. The van der Waals surface area contributed by atoms with Crippen molar-refractivity contribution in [3.05, 3.63) is 49.0 Å². The Labute approximate surface area is 105 Å². The smallest absolute Gasteiger partial charge is 0.331 e. The highest BCUT2D eigenvalue weighted by atomic mass is 32.1. The van der Waals surface area contributed by atoms with Gasteiger partial charge in [0.25, 0.3) is 5.56 Å². The topological polar surface area (TPSA) is 75.1 Å². The predicted molar refractivity (Wildman–Crippen MR) is 65.7 cm³/mol. The summed E-state index contributed by atoms with van der Waals surface area (Å²) >= 11 is 1.50. The fourth-order valence-electron chi connectivity index (χ4n) is 1.74. The second-order valence-corrected chi connectivity index (χ2v) is 4.93. The fourth-order valence-corrected chi connectivity index (χ4v) is 2.56. The van der Waals surface area contributed by atoms with Crippen LogP contribution >= 0.6 is 11.3 Å². The second-order valence-electron chi connectivity index (χ2n) is 3.90. The molecule has 0 radical (unpaired) electrons. The molecule has 0 fully saturated rings. The van der Waals surface area contributed by atoms with Crippen LogP contribution in [0.5, 0.6) is 5.88 Å². The van der Waals surface area contributed by atoms with E-state index >= 15 is 0 Å². The SMILES string of the molecule is CC(Cc1cccs1)n1c(O)c(F)c(=O)[nH]c1=O. The summed E-state index contributed by atoms with van der Waals surface area (Å²) in [5, 5.41) is 11.4. The van der Waals surface area contributed by atoms with Crippen molar-refractivity contribution in [1.82, 2.24) is 9.55 Å². The minimum Gasteiger partial charge on any atom is -0.492 e. The molecular weight excluding hydrogens is 259 g/mol. The monoisotopic (exact) mass is 270 g/mol. The van der Waals surface area contributed by atoms with Gasteiger partial charge in [-0.15, -0.1) is 11.3 Å². The number of nitrogens with zero attached hydrogens (tertiary/aromatic N) is 1. The molecule has 1 atom stereocenters. The van der Waals surface area contributed by atoms with Gasteiger partial charge in [0.15, 0.2) is 0 Å². The van der Waals surface area contributed by atoms with Gasteiger partial charge in [-0.05, 0) is 18.4 Å². The van der Waals surface area contributed by atoms with E-state index in [-0.39, 0.29) is 0 Å². The Bertz CT molecular complexity index is 660. The summed E-state index contributed by atoms with van der Waals surface area (Å²) in [6.07, 6.45) is 0.469. The van der Waals surface area contributed by atoms with Crippen LogP contribution in [-0.4, -0.2) is 14.7 Å². The lowest BCUT2D eigenvalue weighted by atomic mass is 10.2. The van der Waals surface area contributed by atoms with Crippen LogP contribution < -0.4 is 11.2 Å². The molecule has 2 heterocycles. The Kier molecular flexibility index (Phi) is 3.33. The largest absolute Gasteiger partial charge is 0.492 e. The van der Waals surface area contributed by atoms with Crippen molar-refractivity contribution in [2.24, 2.45) is 0 Å². The Morgan fingerprint density at radius 3 is 2.89 bits per heavy atom. The lowest BCUT2D eigenvalue weighted by Gasteiger charge is -2.15. The van der Waals surface area contributed by atoms with Gasteiger partial charge in [-0.2, -0.15) is 4.39 Å². The Balaban J connectivity index is 2.42. The number of aromatic amines is 1. The summed E-state index contributed by atoms with van der Waals surface area (Å²) in [7, 11) is 0. The molecule has 2 aromatic rings. The van der Waals surface area contributed by atoms with Crippen LogP contribution in [0.25, 0.3) is 0 Å². The van der Waals surface area contributed by atoms with Crippen LogP contribution in [-0.2, 0) is 6.42 Å². The van der Waals surface area contributed by atoms with Gasteiger partial charge in [0.2, 0.25) is 11.7 Å². The zero-order chi connectivity index (χ0) is 13.3. The maximum Gasteiger partial charge on any atom is 0.331 e. The van der Waals surface area contributed by atoms with Crippen LogP contribution in [0.4, 0.5) is 4.39 Å². The highest BCUT2D eigenvalue weighted by Gasteiger charge is 2.18. The van der Waals surface area contributed by atoms with E-state index in [9.17, 15) is 19.1 Å². The predicted octanol–water partition coefficient (Wildman–Crippen LogP) is 1.25. The number of nitrogens with one attached hydrogen (secondary N) is 1. The molecule has 0 amide bonds. The molecule has 18 heavy (non-hydrogen) atoms. The second kappa shape index (κ2) is 4.77. The molecule has 0 bridgehead atoms. The average molecular weight is 270 g/mol. The van der Waals surface area contributed by atoms with E-state index < -0.39 is 29.0 Å². The summed E-state index contributed by atoms with van der Waals surface area (Å²) in [4.78, 5) is 25.3. The first-order chi connectivity index (χ1) is 8.50. The minimum absolute atomic E-state index is 0.456. The maximum atomic E-state index is 13.3. The van der Waals surface area contributed by atoms with Crippen molar-refractivity contribution in [3.8, 4) is 5.88 Å². The van der Waals surface area contributed by atoms with Gasteiger partial charge in [-0.3, -0.25) is 14.3 Å². The van der Waals surface area contributed by atoms with Gasteiger partial charge in [0, 0.05) is 17.3 Å². The number of aromatic nitrogens is 2. The molecule has 0 saturated carbocycles. The van der Waals surface area contributed by atoms with Crippen molar-refractivity contribution < 1.29 is 9.50 Å². The van der Waals surface area contributed by atoms with E-state index in [0.29, 0.717) is 6.42 Å². The number of halogens is 1. The summed E-state index contributed by atoms with van der Waals surface area (Å²) < 4.78 is 14.1. The zero-order valence-corrected chi connectivity index (χ0v) is 10.3. The third-order valence-corrected chi connectivity index (χ3v) is 3.48. The molecule has 7 heteroatoms. The van der Waals surface area contributed by atoms with Crippen LogP contribution in [0.1, 0.15) is 17.8 Å². The molecule has 0 aliphatic heterocycles. The molecule has 0 aliphatic carbocycles.